The molecule has 0 aliphatic rings. The predicted octanol–water partition coefficient (Wildman–Crippen LogP) is 1.15. The van der Waals surface area contributed by atoms with Crippen molar-refractivity contribution in [3.8, 4) is 0 Å². The van der Waals surface area contributed by atoms with Gasteiger partial charge in [0.1, 0.15) is 0 Å². The molecule has 0 aromatic rings. The van der Waals surface area contributed by atoms with Crippen LogP contribution in [0.3, 0.4) is 0 Å². The monoisotopic (exact) mass is 114 g/mol. The van der Waals surface area contributed by atoms with Gasteiger partial charge in [0.2, 0.25) is 0 Å². The van der Waals surface area contributed by atoms with Gasteiger partial charge in [0.05, 0.1) is 0 Å². The van der Waals surface area contributed by atoms with Crippen LogP contribution < -0.4 is 11.3 Å². The van der Waals surface area contributed by atoms with Crippen molar-refractivity contribution in [1.29, 1.82) is 0 Å². The summed E-state index contributed by atoms with van der Waals surface area (Å²) in [5.74, 6) is 5.09. The third-order valence-electron chi connectivity index (χ3n) is 0.967. The molecule has 0 heterocycles. The Hall–Kier alpha value is -0.500. The van der Waals surface area contributed by atoms with Crippen molar-refractivity contribution in [2.24, 2.45) is 5.84 Å². The molecular formula is C6H14N2. The third-order valence-corrected chi connectivity index (χ3v) is 0.967. The molecule has 0 amide bonds. The fourth-order valence-electron chi connectivity index (χ4n) is 0.420. The van der Waals surface area contributed by atoms with Gasteiger partial charge in [-0.25, -0.2) is 0 Å². The van der Waals surface area contributed by atoms with E-state index in [1.807, 2.05) is 6.92 Å². The van der Waals surface area contributed by atoms with E-state index in [1.54, 1.807) is 0 Å². The molecule has 0 aromatic heterocycles. The normalized spacial score (nSPS) is 11.6. The van der Waals surface area contributed by atoms with Gasteiger partial charge in [-0.05, 0) is 13.3 Å². The first-order valence-corrected chi connectivity index (χ1v) is 2.94. The van der Waals surface area contributed by atoms with Crippen molar-refractivity contribution in [1.82, 2.24) is 5.43 Å². The average molecular weight is 114 g/mol. The van der Waals surface area contributed by atoms with Crippen molar-refractivity contribution in [2.75, 3.05) is 0 Å². The summed E-state index contributed by atoms with van der Waals surface area (Å²) >= 11 is 0. The predicted molar refractivity (Wildman–Crippen MR) is 36.0 cm³/mol. The van der Waals surface area contributed by atoms with Crippen LogP contribution in [0.25, 0.3) is 0 Å². The number of hydrazine groups is 1. The molecule has 48 valence electrons. The third kappa shape index (κ3) is 3.68. The number of allylic oxidation sites excluding steroid dienone is 2. The highest BCUT2D eigenvalue weighted by atomic mass is 15.2. The van der Waals surface area contributed by atoms with Gasteiger partial charge in [0.15, 0.2) is 0 Å². The molecule has 0 rings (SSSR count). The number of hydrogen-bond acceptors (Lipinski definition) is 2. The highest BCUT2D eigenvalue weighted by Crippen LogP contribution is 1.91. The molecule has 3 N–H and O–H groups in total. The Morgan fingerprint density at radius 1 is 1.75 bits per heavy atom. The molecule has 0 saturated heterocycles. The Morgan fingerprint density at radius 2 is 2.38 bits per heavy atom. The quantitative estimate of drug-likeness (QED) is 0.426. The maximum absolute atomic E-state index is 5.09. The molecule has 0 aromatic carbocycles. The maximum atomic E-state index is 5.09. The molecule has 0 aliphatic heterocycles. The zero-order valence-electron chi connectivity index (χ0n) is 5.57. The topological polar surface area (TPSA) is 38.0 Å². The van der Waals surface area contributed by atoms with Gasteiger partial charge >= 0.3 is 0 Å². The van der Waals surface area contributed by atoms with Crippen molar-refractivity contribution < 1.29 is 0 Å². The van der Waals surface area contributed by atoms with Crippen LogP contribution >= 0.6 is 0 Å². The molecular weight excluding hydrogens is 100 g/mol. The van der Waals surface area contributed by atoms with Crippen LogP contribution in [0.1, 0.15) is 26.7 Å². The van der Waals surface area contributed by atoms with Crippen molar-refractivity contribution in [2.45, 2.75) is 26.7 Å². The minimum Gasteiger partial charge on any atom is -0.329 e. The van der Waals surface area contributed by atoms with Crippen molar-refractivity contribution in [3.63, 3.8) is 0 Å². The molecule has 0 saturated carbocycles. The Balaban J connectivity index is 3.26. The van der Waals surface area contributed by atoms with Gasteiger partial charge in [-0.15, -0.1) is 0 Å². The lowest BCUT2D eigenvalue weighted by atomic mass is 10.3. The van der Waals surface area contributed by atoms with E-state index < -0.39 is 0 Å². The van der Waals surface area contributed by atoms with Gasteiger partial charge in [0.25, 0.3) is 0 Å². The average Bonchev–Trinajstić information content (AvgIpc) is 1.83. The lowest BCUT2D eigenvalue weighted by molar-refractivity contribution is 0.854. The van der Waals surface area contributed by atoms with Crippen LogP contribution in [0.5, 0.6) is 0 Å². The van der Waals surface area contributed by atoms with E-state index in [0.29, 0.717) is 0 Å². The molecule has 8 heavy (non-hydrogen) atoms. The maximum Gasteiger partial charge on any atom is 0.0188 e. The van der Waals surface area contributed by atoms with Gasteiger partial charge in [-0.1, -0.05) is 19.4 Å². The molecule has 2 nitrogen and oxygen atoms in total. The zero-order chi connectivity index (χ0) is 6.41. The van der Waals surface area contributed by atoms with Crippen LogP contribution in [0.4, 0.5) is 0 Å². The lowest BCUT2D eigenvalue weighted by Gasteiger charge is -1.95. The summed E-state index contributed by atoms with van der Waals surface area (Å²) in [6, 6.07) is 0. The van der Waals surface area contributed by atoms with E-state index >= 15 is 0 Å². The van der Waals surface area contributed by atoms with Gasteiger partial charge in [-0.3, -0.25) is 5.84 Å². The Bertz CT molecular complexity index is 76.6. The second kappa shape index (κ2) is 4.65. The largest absolute Gasteiger partial charge is 0.329 e. The molecule has 0 aliphatic carbocycles. The van der Waals surface area contributed by atoms with Crippen LogP contribution in [0.15, 0.2) is 11.8 Å². The van der Waals surface area contributed by atoms with Crippen molar-refractivity contribution in [3.05, 3.63) is 11.8 Å². The first kappa shape index (κ1) is 7.50. The SMILES string of the molecule is CCC/C=C(/C)NN. The first-order chi connectivity index (χ1) is 3.81. The van der Waals surface area contributed by atoms with E-state index in [9.17, 15) is 0 Å². The lowest BCUT2D eigenvalue weighted by Crippen LogP contribution is -2.18. The summed E-state index contributed by atoms with van der Waals surface area (Å²) in [4.78, 5) is 0. The number of nitrogens with two attached hydrogens (primary N) is 1. The Morgan fingerprint density at radius 3 is 2.75 bits per heavy atom. The van der Waals surface area contributed by atoms with E-state index in [2.05, 4.69) is 18.4 Å². The standard InChI is InChI=1S/C6H14N2/c1-3-4-5-6(2)8-7/h5,8H,3-4,7H2,1-2H3/b6-5-. The second-order valence-corrected chi connectivity index (χ2v) is 1.82. The van der Waals surface area contributed by atoms with Gasteiger partial charge < -0.3 is 5.43 Å². The van der Waals surface area contributed by atoms with Gasteiger partial charge in [-0.2, -0.15) is 0 Å². The Labute approximate surface area is 50.7 Å². The molecule has 0 atom stereocenters. The number of unbranched alkanes of at least 4 members (excludes halogenated alkanes) is 1. The van der Waals surface area contributed by atoms with E-state index in [0.717, 1.165) is 12.1 Å². The van der Waals surface area contributed by atoms with E-state index in [-0.39, 0.29) is 0 Å². The van der Waals surface area contributed by atoms with Crippen LogP contribution in [-0.2, 0) is 0 Å². The van der Waals surface area contributed by atoms with Crippen molar-refractivity contribution >= 4 is 0 Å². The molecule has 0 fully saturated rings. The summed E-state index contributed by atoms with van der Waals surface area (Å²) < 4.78 is 0. The highest BCUT2D eigenvalue weighted by molar-refractivity contribution is 4.92. The summed E-state index contributed by atoms with van der Waals surface area (Å²) in [5, 5.41) is 0. The van der Waals surface area contributed by atoms with Gasteiger partial charge in [0, 0.05) is 5.70 Å². The number of hydrogen-bond donors (Lipinski definition) is 2. The first-order valence-electron chi connectivity index (χ1n) is 2.94. The molecule has 0 spiro atoms. The summed E-state index contributed by atoms with van der Waals surface area (Å²) in [5.41, 5.74) is 3.61. The minimum absolute atomic E-state index is 1.05. The fraction of sp³-hybridized carbons (Fsp3) is 0.667. The molecule has 0 radical (unpaired) electrons. The van der Waals surface area contributed by atoms with E-state index in [1.165, 1.54) is 6.42 Å². The van der Waals surface area contributed by atoms with Crippen LogP contribution in [0, 0.1) is 0 Å². The molecule has 0 unspecified atom stereocenters. The summed E-state index contributed by atoms with van der Waals surface area (Å²) in [6.07, 6.45) is 4.37. The summed E-state index contributed by atoms with van der Waals surface area (Å²) in [6.45, 7) is 4.09. The number of nitrogens with one attached hydrogen (secondary N) is 1. The highest BCUT2D eigenvalue weighted by Gasteiger charge is 1.78. The van der Waals surface area contributed by atoms with E-state index in [4.69, 9.17) is 5.84 Å². The Kier molecular flexibility index (Phi) is 4.36. The molecule has 0 bridgehead atoms. The number of rotatable bonds is 3. The second-order valence-electron chi connectivity index (χ2n) is 1.82. The van der Waals surface area contributed by atoms with Crippen LogP contribution in [-0.4, -0.2) is 0 Å². The summed E-state index contributed by atoms with van der Waals surface area (Å²) in [7, 11) is 0. The molecule has 2 heteroatoms. The zero-order valence-corrected chi connectivity index (χ0v) is 5.57. The minimum atomic E-state index is 1.05. The fourth-order valence-corrected chi connectivity index (χ4v) is 0.420. The van der Waals surface area contributed by atoms with Crippen LogP contribution in [0.2, 0.25) is 0 Å². The smallest absolute Gasteiger partial charge is 0.0188 e.